The van der Waals surface area contributed by atoms with Crippen LogP contribution >= 0.6 is 0 Å². The standard InChI is InChI=1S/C19H28/c1-3-5-7-9-11-13-15-17-19-18-16-14-12-10-8-6-4-2/h3,6-9,12-15,18-19H,1,4-5,10-11,16-17H2,2H3/b8-6-,9-7-,14-12-,15-13-,19-18-. The summed E-state index contributed by atoms with van der Waals surface area (Å²) in [6, 6.07) is 0. The largest absolute Gasteiger partial charge is 0.103 e. The normalized spacial score (nSPS) is 12.9. The molecule has 0 aromatic carbocycles. The van der Waals surface area contributed by atoms with Crippen molar-refractivity contribution in [1.82, 2.24) is 0 Å². The lowest BCUT2D eigenvalue weighted by Crippen LogP contribution is -1.64. The molecule has 0 radical (unpaired) electrons. The molecule has 104 valence electrons. The van der Waals surface area contributed by atoms with Crippen molar-refractivity contribution in [2.75, 3.05) is 0 Å². The van der Waals surface area contributed by atoms with Crippen molar-refractivity contribution < 1.29 is 0 Å². The maximum atomic E-state index is 3.68. The van der Waals surface area contributed by atoms with Crippen molar-refractivity contribution in [2.24, 2.45) is 0 Å². The number of allylic oxidation sites excluding steroid dienone is 11. The zero-order chi connectivity index (χ0) is 14.0. The minimum Gasteiger partial charge on any atom is -0.103 e. The number of hydrogen-bond donors (Lipinski definition) is 0. The van der Waals surface area contributed by atoms with Gasteiger partial charge >= 0.3 is 0 Å². The Labute approximate surface area is 119 Å². The third-order valence-corrected chi connectivity index (χ3v) is 2.46. The molecule has 0 aliphatic carbocycles. The summed E-state index contributed by atoms with van der Waals surface area (Å²) in [5, 5.41) is 0. The van der Waals surface area contributed by atoms with E-state index < -0.39 is 0 Å². The van der Waals surface area contributed by atoms with Crippen molar-refractivity contribution in [1.29, 1.82) is 0 Å². The highest BCUT2D eigenvalue weighted by molar-refractivity contribution is 5.01. The van der Waals surface area contributed by atoms with Gasteiger partial charge in [0.2, 0.25) is 0 Å². The highest BCUT2D eigenvalue weighted by atomic mass is 13.8. The van der Waals surface area contributed by atoms with Gasteiger partial charge in [0.15, 0.2) is 0 Å². The van der Waals surface area contributed by atoms with Crippen LogP contribution in [-0.4, -0.2) is 0 Å². The summed E-state index contributed by atoms with van der Waals surface area (Å²) in [6.07, 6.45) is 30.2. The highest BCUT2D eigenvalue weighted by Crippen LogP contribution is 1.95. The van der Waals surface area contributed by atoms with E-state index in [4.69, 9.17) is 0 Å². The molecule has 0 aliphatic heterocycles. The second-order valence-corrected chi connectivity index (χ2v) is 4.23. The van der Waals surface area contributed by atoms with Gasteiger partial charge < -0.3 is 0 Å². The molecule has 19 heavy (non-hydrogen) atoms. The van der Waals surface area contributed by atoms with Crippen LogP contribution in [0.4, 0.5) is 0 Å². The van der Waals surface area contributed by atoms with Crippen LogP contribution in [0.3, 0.4) is 0 Å². The van der Waals surface area contributed by atoms with E-state index in [1.807, 2.05) is 6.08 Å². The van der Waals surface area contributed by atoms with Crippen LogP contribution in [0, 0.1) is 0 Å². The predicted molar refractivity (Wildman–Crippen MR) is 89.3 cm³/mol. The summed E-state index contributed by atoms with van der Waals surface area (Å²) < 4.78 is 0. The van der Waals surface area contributed by atoms with Crippen LogP contribution in [0.15, 0.2) is 73.4 Å². The van der Waals surface area contributed by atoms with Gasteiger partial charge in [0.1, 0.15) is 0 Å². The maximum absolute atomic E-state index is 3.68. The van der Waals surface area contributed by atoms with Crippen LogP contribution in [-0.2, 0) is 0 Å². The first-order valence-electron chi connectivity index (χ1n) is 7.27. The van der Waals surface area contributed by atoms with Gasteiger partial charge in [-0.1, -0.05) is 73.8 Å². The van der Waals surface area contributed by atoms with E-state index in [0.29, 0.717) is 0 Å². The Morgan fingerprint density at radius 2 is 0.842 bits per heavy atom. The van der Waals surface area contributed by atoms with Gasteiger partial charge in [-0.25, -0.2) is 0 Å². The summed E-state index contributed by atoms with van der Waals surface area (Å²) in [5.41, 5.74) is 0. The van der Waals surface area contributed by atoms with Gasteiger partial charge in [-0.3, -0.25) is 0 Å². The average molecular weight is 256 g/mol. The Balaban J connectivity index is 3.45. The Morgan fingerprint density at radius 3 is 1.16 bits per heavy atom. The quantitative estimate of drug-likeness (QED) is 0.380. The molecule has 0 spiro atoms. The van der Waals surface area contributed by atoms with Crippen LogP contribution in [0.5, 0.6) is 0 Å². The first-order valence-corrected chi connectivity index (χ1v) is 7.27. The summed E-state index contributed by atoms with van der Waals surface area (Å²) in [7, 11) is 0. The van der Waals surface area contributed by atoms with Gasteiger partial charge in [0.25, 0.3) is 0 Å². The molecule has 0 heteroatoms. The van der Waals surface area contributed by atoms with Crippen LogP contribution < -0.4 is 0 Å². The molecule has 0 fully saturated rings. The monoisotopic (exact) mass is 256 g/mol. The van der Waals surface area contributed by atoms with E-state index in [9.17, 15) is 0 Å². The zero-order valence-electron chi connectivity index (χ0n) is 12.3. The smallest absolute Gasteiger partial charge is 0.0169 e. The Morgan fingerprint density at radius 1 is 0.526 bits per heavy atom. The molecule has 0 saturated heterocycles. The summed E-state index contributed by atoms with van der Waals surface area (Å²) in [6.45, 7) is 5.83. The molecule has 0 amide bonds. The molecule has 0 bridgehead atoms. The molecule has 0 aliphatic rings. The van der Waals surface area contributed by atoms with Gasteiger partial charge in [0, 0.05) is 0 Å². The molecule has 0 heterocycles. The number of hydrogen-bond acceptors (Lipinski definition) is 0. The fourth-order valence-corrected chi connectivity index (χ4v) is 1.44. The molecule has 0 rings (SSSR count). The second kappa shape index (κ2) is 16.4. The predicted octanol–water partition coefficient (Wildman–Crippen LogP) is 6.31. The maximum Gasteiger partial charge on any atom is -0.0169 e. The fraction of sp³-hybridized carbons (Fsp3) is 0.368. The van der Waals surface area contributed by atoms with Gasteiger partial charge in [-0.05, 0) is 38.5 Å². The Hall–Kier alpha value is -1.56. The molecule has 0 atom stereocenters. The van der Waals surface area contributed by atoms with Crippen molar-refractivity contribution in [3.8, 4) is 0 Å². The highest BCUT2D eigenvalue weighted by Gasteiger charge is 1.74. The minimum atomic E-state index is 0.966. The van der Waals surface area contributed by atoms with Crippen molar-refractivity contribution in [3.05, 3.63) is 73.4 Å². The van der Waals surface area contributed by atoms with Gasteiger partial charge in [-0.15, -0.1) is 6.58 Å². The van der Waals surface area contributed by atoms with Crippen LogP contribution in [0.2, 0.25) is 0 Å². The van der Waals surface area contributed by atoms with E-state index in [0.717, 1.165) is 38.5 Å². The Kier molecular flexibility index (Phi) is 15.1. The zero-order valence-corrected chi connectivity index (χ0v) is 12.3. The first-order chi connectivity index (χ1) is 9.41. The molecule has 0 unspecified atom stereocenters. The fourth-order valence-electron chi connectivity index (χ4n) is 1.44. The molecule has 0 nitrogen and oxygen atoms in total. The lowest BCUT2D eigenvalue weighted by molar-refractivity contribution is 1.19. The molecule has 0 saturated carbocycles. The first kappa shape index (κ1) is 17.4. The second-order valence-electron chi connectivity index (χ2n) is 4.23. The SMILES string of the molecule is C=CC/C=C\C/C=C\C/C=C\C/C=C\C/C=C\CC. The van der Waals surface area contributed by atoms with E-state index in [1.165, 1.54) is 0 Å². The van der Waals surface area contributed by atoms with Gasteiger partial charge in [0.05, 0.1) is 0 Å². The van der Waals surface area contributed by atoms with E-state index in [-0.39, 0.29) is 0 Å². The van der Waals surface area contributed by atoms with Crippen molar-refractivity contribution in [3.63, 3.8) is 0 Å². The van der Waals surface area contributed by atoms with Crippen LogP contribution in [0.25, 0.3) is 0 Å². The van der Waals surface area contributed by atoms with Gasteiger partial charge in [-0.2, -0.15) is 0 Å². The summed E-state index contributed by atoms with van der Waals surface area (Å²) >= 11 is 0. The average Bonchev–Trinajstić information content (AvgIpc) is 2.43. The number of rotatable bonds is 11. The van der Waals surface area contributed by atoms with E-state index in [2.05, 4.69) is 74.3 Å². The molecular formula is C19H28. The summed E-state index contributed by atoms with van der Waals surface area (Å²) in [4.78, 5) is 0. The molecule has 0 N–H and O–H groups in total. The third-order valence-electron chi connectivity index (χ3n) is 2.46. The third kappa shape index (κ3) is 16.4. The molecule has 0 aromatic rings. The lowest BCUT2D eigenvalue weighted by atomic mass is 10.2. The summed E-state index contributed by atoms with van der Waals surface area (Å²) in [5.74, 6) is 0. The van der Waals surface area contributed by atoms with Crippen LogP contribution in [0.1, 0.15) is 45.4 Å². The Bertz CT molecular complexity index is 324. The molecular weight excluding hydrogens is 228 g/mol. The topological polar surface area (TPSA) is 0 Å². The minimum absolute atomic E-state index is 0.966. The lowest BCUT2D eigenvalue weighted by Gasteiger charge is -1.85. The van der Waals surface area contributed by atoms with Crippen molar-refractivity contribution >= 4 is 0 Å². The van der Waals surface area contributed by atoms with E-state index >= 15 is 0 Å². The van der Waals surface area contributed by atoms with Crippen molar-refractivity contribution in [2.45, 2.75) is 45.4 Å². The van der Waals surface area contributed by atoms with E-state index in [1.54, 1.807) is 0 Å². The molecule has 0 aromatic heterocycles.